The molecule has 4 fully saturated rings. The minimum absolute atomic E-state index is 0.0329. The number of para-hydroxylation sites is 1. The van der Waals surface area contributed by atoms with Gasteiger partial charge in [0.2, 0.25) is 5.85 Å². The predicted molar refractivity (Wildman–Crippen MR) is 179 cm³/mol. The number of amides is 1. The zero-order valence-electron chi connectivity index (χ0n) is 26.9. The molecule has 0 radical (unpaired) electrons. The van der Waals surface area contributed by atoms with Gasteiger partial charge in [-0.2, -0.15) is 0 Å². The summed E-state index contributed by atoms with van der Waals surface area (Å²) in [6, 6.07) is 9.47. The van der Waals surface area contributed by atoms with Gasteiger partial charge in [-0.15, -0.1) is 0 Å². The summed E-state index contributed by atoms with van der Waals surface area (Å²) in [7, 11) is -3.17. The minimum Gasteiger partial charge on any atom is -0.481 e. The van der Waals surface area contributed by atoms with Crippen molar-refractivity contribution in [2.75, 3.05) is 43.0 Å². The topological polar surface area (TPSA) is 146 Å². The third-order valence-electron chi connectivity index (χ3n) is 10.7. The lowest BCUT2D eigenvalue weighted by Crippen LogP contribution is -2.67. The second-order valence-electron chi connectivity index (χ2n) is 13.9. The molecule has 2 N–H and O–H groups in total. The van der Waals surface area contributed by atoms with Crippen LogP contribution in [0, 0.1) is 23.6 Å². The number of carboxylic acid groups (broad SMARTS) is 1. The Labute approximate surface area is 288 Å². The number of carbonyl (C=O) groups excluding carboxylic acids is 2. The normalized spacial score (nSPS) is 26.8. The van der Waals surface area contributed by atoms with Crippen LogP contribution in [-0.2, 0) is 30.6 Å². The molecule has 4 aliphatic rings. The number of rotatable bonds is 10. The van der Waals surface area contributed by atoms with Gasteiger partial charge in [-0.3, -0.25) is 24.2 Å². The number of carbonyl (C=O) groups is 3. The van der Waals surface area contributed by atoms with Gasteiger partial charge in [0, 0.05) is 38.0 Å². The second-order valence-corrected chi connectivity index (χ2v) is 16.4. The second kappa shape index (κ2) is 13.4. The quantitative estimate of drug-likeness (QED) is 0.295. The minimum atomic E-state index is -3.17. The summed E-state index contributed by atoms with van der Waals surface area (Å²) < 4.78 is 53.1. The first-order valence-electron chi connectivity index (χ1n) is 16.8. The predicted octanol–water partition coefficient (Wildman–Crippen LogP) is 4.98. The highest BCUT2D eigenvalue weighted by atomic mass is 35.5. The number of furan rings is 1. The molecule has 1 saturated carbocycles. The van der Waals surface area contributed by atoms with E-state index in [1.807, 2.05) is 9.80 Å². The van der Waals surface area contributed by atoms with Crippen LogP contribution < -0.4 is 5.32 Å². The first-order chi connectivity index (χ1) is 23.4. The van der Waals surface area contributed by atoms with E-state index < -0.39 is 51.2 Å². The highest BCUT2D eigenvalue weighted by molar-refractivity contribution is 7.91. The largest absolute Gasteiger partial charge is 0.481 e. The molecule has 1 amide bonds. The molecule has 7 rings (SSSR count). The maximum absolute atomic E-state index is 15.9. The highest BCUT2D eigenvalue weighted by Crippen LogP contribution is 2.42. The zero-order chi connectivity index (χ0) is 34.5. The summed E-state index contributed by atoms with van der Waals surface area (Å²) in [5.74, 6) is -4.76. The summed E-state index contributed by atoms with van der Waals surface area (Å²) in [6.45, 7) is 1.81. The lowest BCUT2D eigenvalue weighted by atomic mass is 9.87. The molecule has 0 spiro atoms. The van der Waals surface area contributed by atoms with Crippen LogP contribution in [-0.4, -0.2) is 90.6 Å². The maximum Gasteiger partial charge on any atom is 0.306 e. The van der Waals surface area contributed by atoms with E-state index in [1.54, 1.807) is 24.3 Å². The van der Waals surface area contributed by atoms with Crippen molar-refractivity contribution in [3.63, 3.8) is 0 Å². The molecule has 14 heteroatoms. The van der Waals surface area contributed by atoms with Crippen molar-refractivity contribution in [1.29, 1.82) is 0 Å². The van der Waals surface area contributed by atoms with Crippen molar-refractivity contribution < 1.29 is 41.5 Å². The van der Waals surface area contributed by atoms with Crippen molar-refractivity contribution in [1.82, 2.24) is 9.80 Å². The Morgan fingerprint density at radius 1 is 1.02 bits per heavy atom. The van der Waals surface area contributed by atoms with E-state index in [9.17, 15) is 27.9 Å². The molecular weight excluding hydrogens is 677 g/mol. The number of fused-ring (bicyclic) bond motifs is 2. The molecule has 1 unspecified atom stereocenters. The Morgan fingerprint density at radius 2 is 1.69 bits per heavy atom. The van der Waals surface area contributed by atoms with E-state index in [2.05, 4.69) is 5.32 Å². The highest BCUT2D eigenvalue weighted by Gasteiger charge is 2.57. The molecule has 3 aliphatic heterocycles. The Morgan fingerprint density at radius 3 is 2.37 bits per heavy atom. The van der Waals surface area contributed by atoms with E-state index in [0.717, 1.165) is 18.9 Å². The number of halogens is 2. The van der Waals surface area contributed by atoms with E-state index in [1.165, 1.54) is 12.3 Å². The van der Waals surface area contributed by atoms with Crippen LogP contribution in [0.2, 0.25) is 5.02 Å². The Hall–Kier alpha value is -3.36. The number of Topliss-reactive ketones (excluding diaryl/α,β-unsaturated/α-hetero) is 1. The number of carboxylic acids is 1. The van der Waals surface area contributed by atoms with Crippen molar-refractivity contribution in [3.05, 3.63) is 64.6 Å². The van der Waals surface area contributed by atoms with E-state index in [0.29, 0.717) is 62.8 Å². The van der Waals surface area contributed by atoms with Gasteiger partial charge < -0.3 is 19.6 Å². The number of benzene rings is 2. The van der Waals surface area contributed by atoms with Gasteiger partial charge in [-0.05, 0) is 74.1 Å². The summed E-state index contributed by atoms with van der Waals surface area (Å²) >= 11 is 6.59. The van der Waals surface area contributed by atoms with Gasteiger partial charge in [-0.25, -0.2) is 12.8 Å². The van der Waals surface area contributed by atoms with Crippen molar-refractivity contribution in [2.45, 2.75) is 56.9 Å². The summed E-state index contributed by atoms with van der Waals surface area (Å²) in [5.41, 5.74) is 0.863. The van der Waals surface area contributed by atoms with Crippen LogP contribution in [0.5, 0.6) is 0 Å². The van der Waals surface area contributed by atoms with Crippen LogP contribution in [0.25, 0.3) is 11.0 Å². The molecule has 2 aromatic carbocycles. The van der Waals surface area contributed by atoms with Crippen LogP contribution in [0.4, 0.5) is 10.1 Å². The Bertz CT molecular complexity index is 1870. The smallest absolute Gasteiger partial charge is 0.306 e. The van der Waals surface area contributed by atoms with Gasteiger partial charge in [0.15, 0.2) is 15.6 Å². The van der Waals surface area contributed by atoms with Gasteiger partial charge in [0.05, 0.1) is 39.8 Å². The molecule has 3 atom stereocenters. The van der Waals surface area contributed by atoms with E-state index >= 15 is 4.39 Å². The number of sulfone groups is 1. The SMILES string of the molecule is O=C(Nc1cc(F)c(CC(=O)C(O[C@H]2CC[C@H](C(=O)O)CC2)(N2CCCC2)N2C[C@@H]3CS(=O)(=O)C[C@@H]3C2)cc1Cl)c1coc2ccccc12. The first kappa shape index (κ1) is 34.1. The van der Waals surface area contributed by atoms with Crippen LogP contribution in [0.15, 0.2) is 47.1 Å². The molecular formula is C35H39ClFN3O8S. The third kappa shape index (κ3) is 6.63. The molecule has 3 saturated heterocycles. The van der Waals surface area contributed by atoms with Crippen molar-refractivity contribution in [3.8, 4) is 0 Å². The fraction of sp³-hybridized carbons (Fsp3) is 0.514. The fourth-order valence-corrected chi connectivity index (χ4v) is 10.6. The number of nitrogens with one attached hydrogen (secondary N) is 1. The molecule has 1 aromatic heterocycles. The first-order valence-corrected chi connectivity index (χ1v) is 19.0. The summed E-state index contributed by atoms with van der Waals surface area (Å²) in [6.07, 6.45) is 3.96. The Kier molecular flexibility index (Phi) is 9.33. The maximum atomic E-state index is 15.9. The van der Waals surface area contributed by atoms with Gasteiger partial charge in [0.1, 0.15) is 17.7 Å². The lowest BCUT2D eigenvalue weighted by molar-refractivity contribution is -0.253. The summed E-state index contributed by atoms with van der Waals surface area (Å²) in [4.78, 5) is 43.5. The van der Waals surface area contributed by atoms with Gasteiger partial charge in [0.25, 0.3) is 5.91 Å². The standard InChI is InChI=1S/C35H39ClFN3O8S/c36-28-13-22(29(37)15-30(28)38-33(42)27-18-47-31-6-2-1-5-26(27)31)14-32(41)35(39-11-3-4-12-39,48-25-9-7-21(8-10-25)34(43)44)40-16-23-19-49(45,46)20-24(23)17-40/h1-2,5-6,13,15,18,21,23-25H,3-4,7-12,14,16-17,19-20H2,(H,38,42)(H,43,44)/t21-,23-,24+,25-,35?. The van der Waals surface area contributed by atoms with Gasteiger partial charge in [-0.1, -0.05) is 29.8 Å². The lowest BCUT2D eigenvalue weighted by Gasteiger charge is -2.49. The molecule has 49 heavy (non-hydrogen) atoms. The average molecular weight is 716 g/mol. The fourth-order valence-electron chi connectivity index (χ4n) is 8.18. The van der Waals surface area contributed by atoms with E-state index in [4.69, 9.17) is 20.8 Å². The number of nitrogens with zero attached hydrogens (tertiary/aromatic N) is 2. The Balaban J connectivity index is 1.17. The molecule has 3 aromatic rings. The van der Waals surface area contributed by atoms with Crippen molar-refractivity contribution >= 4 is 55.8 Å². The molecule has 4 heterocycles. The summed E-state index contributed by atoms with van der Waals surface area (Å²) in [5, 5.41) is 12.9. The number of ether oxygens (including phenoxy) is 1. The molecule has 262 valence electrons. The van der Waals surface area contributed by atoms with Gasteiger partial charge >= 0.3 is 5.97 Å². The van der Waals surface area contributed by atoms with Crippen LogP contribution in [0.1, 0.15) is 54.4 Å². The molecule has 1 aliphatic carbocycles. The van der Waals surface area contributed by atoms with Crippen LogP contribution >= 0.6 is 11.6 Å². The number of ketones is 1. The number of likely N-dealkylation sites (tertiary alicyclic amines) is 2. The average Bonchev–Trinajstić information content (AvgIpc) is 3.86. The number of anilines is 1. The third-order valence-corrected chi connectivity index (χ3v) is 12.8. The molecule has 11 nitrogen and oxygen atoms in total. The number of hydrogen-bond acceptors (Lipinski definition) is 9. The van der Waals surface area contributed by atoms with Crippen LogP contribution in [0.3, 0.4) is 0 Å². The number of hydrogen-bond donors (Lipinski definition) is 2. The molecule has 0 bridgehead atoms. The van der Waals surface area contributed by atoms with Crippen molar-refractivity contribution in [2.24, 2.45) is 17.8 Å². The zero-order valence-corrected chi connectivity index (χ0v) is 28.5. The van der Waals surface area contributed by atoms with E-state index in [-0.39, 0.29) is 51.6 Å². The monoisotopic (exact) mass is 715 g/mol. The number of aliphatic carboxylic acids is 1.